The third-order valence-electron chi connectivity index (χ3n) is 1.92. The van der Waals surface area contributed by atoms with Crippen LogP contribution in [0.5, 0.6) is 0 Å². The van der Waals surface area contributed by atoms with Gasteiger partial charge in [-0.3, -0.25) is 4.79 Å². The van der Waals surface area contributed by atoms with Gasteiger partial charge in [-0.05, 0) is 17.5 Å². The minimum Gasteiger partial charge on any atom is -0.350 e. The monoisotopic (exact) mass is 235 g/mol. The lowest BCUT2D eigenvalue weighted by atomic mass is 10.4. The Morgan fingerprint density at radius 3 is 3.13 bits per heavy atom. The summed E-state index contributed by atoms with van der Waals surface area (Å²) in [7, 11) is 0. The third kappa shape index (κ3) is 2.20. The summed E-state index contributed by atoms with van der Waals surface area (Å²) >= 11 is 3.17. The summed E-state index contributed by atoms with van der Waals surface area (Å²) in [6.45, 7) is 0.543. The van der Waals surface area contributed by atoms with Crippen molar-refractivity contribution in [2.45, 2.75) is 6.42 Å². The smallest absolute Gasteiger partial charge is 0.261 e. The van der Waals surface area contributed by atoms with E-state index in [9.17, 15) is 4.79 Å². The number of nitrogens with one attached hydrogen (secondary N) is 1. The van der Waals surface area contributed by atoms with Gasteiger partial charge in [-0.1, -0.05) is 0 Å². The zero-order valence-electron chi connectivity index (χ0n) is 7.95. The predicted molar refractivity (Wildman–Crippen MR) is 65.5 cm³/mol. The highest BCUT2D eigenvalue weighted by Crippen LogP contribution is 2.29. The topological polar surface area (TPSA) is 29.1 Å². The fourth-order valence-electron chi connectivity index (χ4n) is 1.21. The minimum atomic E-state index is -0.0290. The summed E-state index contributed by atoms with van der Waals surface area (Å²) in [6.07, 6.45) is 5.68. The molecule has 2 heterocycles. The highest BCUT2D eigenvalue weighted by atomic mass is 32.1. The molecule has 2 aromatic rings. The lowest BCUT2D eigenvalue weighted by Crippen LogP contribution is -2.23. The van der Waals surface area contributed by atoms with Gasteiger partial charge in [0.1, 0.15) is 0 Å². The van der Waals surface area contributed by atoms with E-state index in [1.165, 1.54) is 20.7 Å². The van der Waals surface area contributed by atoms with Crippen molar-refractivity contribution in [3.63, 3.8) is 0 Å². The van der Waals surface area contributed by atoms with E-state index < -0.39 is 0 Å². The maximum atomic E-state index is 11.6. The molecular formula is C11H9NOS2. The van der Waals surface area contributed by atoms with Crippen LogP contribution in [0, 0.1) is 12.3 Å². The first kappa shape index (κ1) is 10.2. The van der Waals surface area contributed by atoms with Crippen molar-refractivity contribution < 1.29 is 4.79 Å². The normalized spacial score (nSPS) is 10.1. The average Bonchev–Trinajstić information content (AvgIpc) is 2.76. The average molecular weight is 235 g/mol. The fraction of sp³-hybridized carbons (Fsp3) is 0.182. The number of rotatable bonds is 3. The van der Waals surface area contributed by atoms with Crippen LogP contribution in [-0.2, 0) is 0 Å². The number of hydrogen-bond acceptors (Lipinski definition) is 3. The number of hydrogen-bond donors (Lipinski definition) is 1. The second-order valence-electron chi connectivity index (χ2n) is 2.97. The van der Waals surface area contributed by atoms with Gasteiger partial charge >= 0.3 is 0 Å². The molecule has 4 heteroatoms. The van der Waals surface area contributed by atoms with Gasteiger partial charge in [0.25, 0.3) is 5.91 Å². The highest BCUT2D eigenvalue weighted by molar-refractivity contribution is 7.27. The van der Waals surface area contributed by atoms with Crippen molar-refractivity contribution in [1.29, 1.82) is 0 Å². The molecule has 2 rings (SSSR count). The zero-order chi connectivity index (χ0) is 10.7. The SMILES string of the molecule is C#CCCNC(=O)c1cc2sccc2s1. The molecule has 15 heavy (non-hydrogen) atoms. The number of terminal acetylenes is 1. The Kier molecular flexibility index (Phi) is 3.05. The largest absolute Gasteiger partial charge is 0.350 e. The summed E-state index contributed by atoms with van der Waals surface area (Å²) in [5, 5.41) is 4.81. The first-order chi connectivity index (χ1) is 7.31. The van der Waals surface area contributed by atoms with Gasteiger partial charge in [0.05, 0.1) is 4.88 Å². The molecule has 0 radical (unpaired) electrons. The molecule has 0 saturated carbocycles. The van der Waals surface area contributed by atoms with Crippen LogP contribution >= 0.6 is 22.7 Å². The molecule has 0 atom stereocenters. The van der Waals surface area contributed by atoms with Gasteiger partial charge in [-0.25, -0.2) is 0 Å². The van der Waals surface area contributed by atoms with Crippen LogP contribution in [0.4, 0.5) is 0 Å². The Bertz CT molecular complexity index is 489. The van der Waals surface area contributed by atoms with E-state index in [4.69, 9.17) is 6.42 Å². The number of carbonyl (C=O) groups excluding carboxylic acids is 1. The maximum absolute atomic E-state index is 11.6. The van der Waals surface area contributed by atoms with Gasteiger partial charge in [0.2, 0.25) is 0 Å². The molecule has 0 aliphatic rings. The molecule has 0 bridgehead atoms. The quantitative estimate of drug-likeness (QED) is 0.643. The summed E-state index contributed by atoms with van der Waals surface area (Å²) in [6, 6.07) is 3.96. The van der Waals surface area contributed by atoms with E-state index in [1.807, 2.05) is 17.5 Å². The van der Waals surface area contributed by atoms with E-state index >= 15 is 0 Å². The van der Waals surface area contributed by atoms with E-state index in [0.29, 0.717) is 13.0 Å². The van der Waals surface area contributed by atoms with E-state index in [1.54, 1.807) is 11.3 Å². The fourth-order valence-corrected chi connectivity index (χ4v) is 3.24. The van der Waals surface area contributed by atoms with Crippen molar-refractivity contribution in [3.05, 3.63) is 22.4 Å². The van der Waals surface area contributed by atoms with E-state index in [0.717, 1.165) is 4.88 Å². The van der Waals surface area contributed by atoms with Crippen LogP contribution in [0.15, 0.2) is 17.5 Å². The minimum absolute atomic E-state index is 0.0290. The van der Waals surface area contributed by atoms with Crippen LogP contribution in [0.2, 0.25) is 0 Å². The first-order valence-corrected chi connectivity index (χ1v) is 6.19. The molecule has 2 aromatic heterocycles. The third-order valence-corrected chi connectivity index (χ3v) is 4.01. The molecule has 0 fully saturated rings. The van der Waals surface area contributed by atoms with Crippen LogP contribution < -0.4 is 5.32 Å². The molecule has 1 N–H and O–H groups in total. The number of thiophene rings is 2. The van der Waals surface area contributed by atoms with Crippen molar-refractivity contribution in [2.75, 3.05) is 6.54 Å². The van der Waals surface area contributed by atoms with Gasteiger partial charge in [0, 0.05) is 22.4 Å². The van der Waals surface area contributed by atoms with Gasteiger partial charge < -0.3 is 5.32 Å². The summed E-state index contributed by atoms with van der Waals surface area (Å²) in [5.41, 5.74) is 0. The molecule has 1 amide bonds. The van der Waals surface area contributed by atoms with Crippen LogP contribution in [0.3, 0.4) is 0 Å². The Morgan fingerprint density at radius 2 is 2.40 bits per heavy atom. The maximum Gasteiger partial charge on any atom is 0.261 e. The molecule has 0 aliphatic heterocycles. The second kappa shape index (κ2) is 4.47. The molecule has 0 unspecified atom stereocenters. The van der Waals surface area contributed by atoms with Crippen molar-refractivity contribution in [3.8, 4) is 12.3 Å². The van der Waals surface area contributed by atoms with Crippen molar-refractivity contribution in [2.24, 2.45) is 0 Å². The summed E-state index contributed by atoms with van der Waals surface area (Å²) in [4.78, 5) is 12.4. The molecule has 0 spiro atoms. The number of fused-ring (bicyclic) bond motifs is 1. The Labute approximate surface area is 95.9 Å². The van der Waals surface area contributed by atoms with Crippen LogP contribution in [-0.4, -0.2) is 12.5 Å². The van der Waals surface area contributed by atoms with Crippen molar-refractivity contribution >= 4 is 38.0 Å². The van der Waals surface area contributed by atoms with Gasteiger partial charge in [-0.15, -0.1) is 35.0 Å². The lowest BCUT2D eigenvalue weighted by Gasteiger charge is -1.98. The molecule has 0 aromatic carbocycles. The van der Waals surface area contributed by atoms with E-state index in [2.05, 4.69) is 11.2 Å². The predicted octanol–water partition coefficient (Wildman–Crippen LogP) is 2.72. The second-order valence-corrected chi connectivity index (χ2v) is 5.00. The van der Waals surface area contributed by atoms with Crippen LogP contribution in [0.1, 0.15) is 16.1 Å². The van der Waals surface area contributed by atoms with Gasteiger partial charge in [-0.2, -0.15) is 0 Å². The van der Waals surface area contributed by atoms with Crippen molar-refractivity contribution in [1.82, 2.24) is 5.32 Å². The Balaban J connectivity index is 2.07. The lowest BCUT2D eigenvalue weighted by molar-refractivity contribution is 0.0958. The Hall–Kier alpha value is -1.31. The first-order valence-electron chi connectivity index (χ1n) is 4.50. The zero-order valence-corrected chi connectivity index (χ0v) is 9.58. The molecule has 0 aliphatic carbocycles. The molecule has 76 valence electrons. The summed E-state index contributed by atoms with van der Waals surface area (Å²) < 4.78 is 2.34. The molecule has 0 saturated heterocycles. The Morgan fingerprint density at radius 1 is 1.53 bits per heavy atom. The molecular weight excluding hydrogens is 226 g/mol. The van der Waals surface area contributed by atoms with E-state index in [-0.39, 0.29) is 5.91 Å². The molecule has 2 nitrogen and oxygen atoms in total. The summed E-state index contributed by atoms with van der Waals surface area (Å²) in [5.74, 6) is 2.46. The standard InChI is InChI=1S/C11H9NOS2/c1-2-3-5-12-11(13)10-7-9-8(15-10)4-6-14-9/h1,4,6-7H,3,5H2,(H,12,13). The van der Waals surface area contributed by atoms with Gasteiger partial charge in [0.15, 0.2) is 0 Å². The highest BCUT2D eigenvalue weighted by Gasteiger charge is 2.09. The number of amides is 1. The van der Waals surface area contributed by atoms with Crippen LogP contribution in [0.25, 0.3) is 9.40 Å². The number of carbonyl (C=O) groups is 1.